The number of amides is 1. The second-order valence-electron chi connectivity index (χ2n) is 6.69. The molecule has 0 unspecified atom stereocenters. The maximum absolute atomic E-state index is 13.0. The Bertz CT molecular complexity index is 1000. The Morgan fingerprint density at radius 1 is 1.12 bits per heavy atom. The van der Waals surface area contributed by atoms with Crippen molar-refractivity contribution in [3.63, 3.8) is 0 Å². The van der Waals surface area contributed by atoms with Gasteiger partial charge in [0.15, 0.2) is 11.5 Å². The Balaban J connectivity index is 1.39. The highest BCUT2D eigenvalue weighted by molar-refractivity contribution is 7.10. The van der Waals surface area contributed by atoms with Crippen LogP contribution in [0.3, 0.4) is 0 Å². The largest absolute Gasteiger partial charge is 0.355 e. The number of fused-ring (bicyclic) bond motifs is 3. The third kappa shape index (κ3) is 2.51. The molecule has 2 aliphatic rings. The summed E-state index contributed by atoms with van der Waals surface area (Å²) in [5.41, 5.74) is 5.11. The quantitative estimate of drug-likeness (QED) is 0.677. The first-order chi connectivity index (χ1) is 12.8. The summed E-state index contributed by atoms with van der Waals surface area (Å²) in [6, 6.07) is 12.4. The molecule has 0 fully saturated rings. The molecular weight excluding hydrogens is 344 g/mol. The van der Waals surface area contributed by atoms with Gasteiger partial charge < -0.3 is 9.42 Å². The van der Waals surface area contributed by atoms with Crippen LogP contribution in [0.15, 0.2) is 52.4 Å². The standard InChI is InChI=1S/C21H18N2O2S/c24-21(23-11-8-15(9-12-23)14-4-2-1-3-5-14)19-17-6-7-18-16(10-13-26-18)20(17)25-22-19/h1-5,8,10,13H,6-7,9,11-12H2. The number of nitrogens with zero attached hydrogens (tertiary/aromatic N) is 2. The lowest BCUT2D eigenvalue weighted by Gasteiger charge is -2.26. The van der Waals surface area contributed by atoms with E-state index in [1.165, 1.54) is 16.0 Å². The predicted octanol–water partition coefficient (Wildman–Crippen LogP) is 4.43. The summed E-state index contributed by atoms with van der Waals surface area (Å²) in [6.07, 6.45) is 4.80. The van der Waals surface area contributed by atoms with Gasteiger partial charge in [-0.2, -0.15) is 0 Å². The van der Waals surface area contributed by atoms with E-state index in [4.69, 9.17) is 4.52 Å². The normalized spacial score (nSPS) is 16.0. The first-order valence-corrected chi connectivity index (χ1v) is 9.78. The van der Waals surface area contributed by atoms with Gasteiger partial charge in [-0.1, -0.05) is 41.6 Å². The van der Waals surface area contributed by atoms with E-state index in [1.807, 2.05) is 23.1 Å². The third-order valence-corrected chi connectivity index (χ3v) is 6.20. The van der Waals surface area contributed by atoms with Gasteiger partial charge in [-0.15, -0.1) is 11.3 Å². The van der Waals surface area contributed by atoms with E-state index in [9.17, 15) is 4.79 Å². The number of aromatic nitrogens is 1. The summed E-state index contributed by atoms with van der Waals surface area (Å²) < 4.78 is 5.57. The van der Waals surface area contributed by atoms with Crippen molar-refractivity contribution < 1.29 is 9.32 Å². The lowest BCUT2D eigenvalue weighted by molar-refractivity contribution is 0.0761. The van der Waals surface area contributed by atoms with E-state index in [0.717, 1.165) is 36.1 Å². The number of thiophene rings is 1. The summed E-state index contributed by atoms with van der Waals surface area (Å²) in [5, 5.41) is 6.22. The van der Waals surface area contributed by atoms with Crippen LogP contribution in [0.1, 0.15) is 32.9 Å². The van der Waals surface area contributed by atoms with Gasteiger partial charge in [0.1, 0.15) is 0 Å². The Hall–Kier alpha value is -2.66. The topological polar surface area (TPSA) is 46.3 Å². The number of hydrogen-bond donors (Lipinski definition) is 0. The van der Waals surface area contributed by atoms with E-state index in [0.29, 0.717) is 18.8 Å². The van der Waals surface area contributed by atoms with Gasteiger partial charge in [-0.3, -0.25) is 4.79 Å². The number of carbonyl (C=O) groups is 1. The fourth-order valence-electron chi connectivity index (χ4n) is 3.81. The van der Waals surface area contributed by atoms with Crippen molar-refractivity contribution >= 4 is 22.8 Å². The van der Waals surface area contributed by atoms with Crippen LogP contribution in [0.5, 0.6) is 0 Å². The minimum Gasteiger partial charge on any atom is -0.355 e. The van der Waals surface area contributed by atoms with E-state index < -0.39 is 0 Å². The van der Waals surface area contributed by atoms with Gasteiger partial charge in [0, 0.05) is 29.1 Å². The van der Waals surface area contributed by atoms with Crippen LogP contribution in [0.4, 0.5) is 0 Å². The fourth-order valence-corrected chi connectivity index (χ4v) is 4.69. The zero-order valence-corrected chi connectivity index (χ0v) is 15.1. The van der Waals surface area contributed by atoms with Crippen molar-refractivity contribution in [3.8, 4) is 11.3 Å². The number of rotatable bonds is 2. The van der Waals surface area contributed by atoms with Gasteiger partial charge in [0.25, 0.3) is 5.91 Å². The van der Waals surface area contributed by atoms with Crippen LogP contribution < -0.4 is 0 Å². The summed E-state index contributed by atoms with van der Waals surface area (Å²) in [7, 11) is 0. The summed E-state index contributed by atoms with van der Waals surface area (Å²) in [6.45, 7) is 1.33. The fraction of sp³-hybridized carbons (Fsp3) is 0.238. The molecule has 5 heteroatoms. The lowest BCUT2D eigenvalue weighted by Crippen LogP contribution is -2.35. The Morgan fingerprint density at radius 3 is 2.81 bits per heavy atom. The first-order valence-electron chi connectivity index (χ1n) is 8.90. The Kier molecular flexibility index (Phi) is 3.75. The van der Waals surface area contributed by atoms with Crippen molar-refractivity contribution in [2.75, 3.05) is 13.1 Å². The van der Waals surface area contributed by atoms with E-state index in [1.54, 1.807) is 11.3 Å². The second-order valence-corrected chi connectivity index (χ2v) is 7.69. The van der Waals surface area contributed by atoms with Crippen molar-refractivity contribution in [2.24, 2.45) is 0 Å². The number of aryl methyl sites for hydroxylation is 1. The molecule has 4 nitrogen and oxygen atoms in total. The van der Waals surface area contributed by atoms with Crippen LogP contribution in [-0.4, -0.2) is 29.1 Å². The zero-order chi connectivity index (χ0) is 17.5. The van der Waals surface area contributed by atoms with Crippen LogP contribution in [0.2, 0.25) is 0 Å². The molecule has 0 saturated carbocycles. The maximum Gasteiger partial charge on any atom is 0.276 e. The molecule has 0 N–H and O–H groups in total. The Labute approximate surface area is 155 Å². The van der Waals surface area contributed by atoms with Gasteiger partial charge in [0.2, 0.25) is 0 Å². The highest BCUT2D eigenvalue weighted by Gasteiger charge is 2.31. The molecule has 26 heavy (non-hydrogen) atoms. The number of hydrogen-bond acceptors (Lipinski definition) is 4. The molecule has 5 rings (SSSR count). The molecule has 2 aromatic heterocycles. The lowest BCUT2D eigenvalue weighted by atomic mass is 9.95. The molecule has 3 aromatic rings. The average molecular weight is 362 g/mol. The third-order valence-electron chi connectivity index (χ3n) is 5.22. The molecule has 0 saturated heterocycles. The molecule has 1 aromatic carbocycles. The van der Waals surface area contributed by atoms with Crippen LogP contribution in [0.25, 0.3) is 16.9 Å². The SMILES string of the molecule is O=C(c1noc2c1CCc1sccc1-2)N1CC=C(c2ccccc2)CC1. The maximum atomic E-state index is 13.0. The van der Waals surface area contributed by atoms with Crippen molar-refractivity contribution in [2.45, 2.75) is 19.3 Å². The minimum atomic E-state index is -0.0166. The average Bonchev–Trinajstić information content (AvgIpc) is 3.34. The highest BCUT2D eigenvalue weighted by atomic mass is 32.1. The van der Waals surface area contributed by atoms with E-state index in [2.05, 4.69) is 34.8 Å². The molecule has 1 aliphatic carbocycles. The molecule has 130 valence electrons. The predicted molar refractivity (Wildman–Crippen MR) is 102 cm³/mol. The van der Waals surface area contributed by atoms with Gasteiger partial charge >= 0.3 is 0 Å². The van der Waals surface area contributed by atoms with Crippen molar-refractivity contribution in [1.82, 2.24) is 10.1 Å². The molecular formula is C21H18N2O2S. The molecule has 0 radical (unpaired) electrons. The van der Waals surface area contributed by atoms with Gasteiger partial charge in [-0.25, -0.2) is 0 Å². The van der Waals surface area contributed by atoms with E-state index >= 15 is 0 Å². The smallest absolute Gasteiger partial charge is 0.276 e. The summed E-state index contributed by atoms with van der Waals surface area (Å²) >= 11 is 1.74. The Morgan fingerprint density at radius 2 is 2.00 bits per heavy atom. The first kappa shape index (κ1) is 15.6. The molecule has 0 atom stereocenters. The molecule has 3 heterocycles. The van der Waals surface area contributed by atoms with Crippen LogP contribution in [-0.2, 0) is 12.8 Å². The molecule has 1 amide bonds. The molecule has 0 bridgehead atoms. The van der Waals surface area contributed by atoms with Crippen LogP contribution >= 0.6 is 11.3 Å². The number of carbonyl (C=O) groups excluding carboxylic acids is 1. The van der Waals surface area contributed by atoms with Crippen molar-refractivity contribution in [1.29, 1.82) is 0 Å². The second kappa shape index (κ2) is 6.25. The molecule has 1 aliphatic heterocycles. The van der Waals surface area contributed by atoms with E-state index in [-0.39, 0.29) is 5.91 Å². The zero-order valence-electron chi connectivity index (χ0n) is 14.3. The van der Waals surface area contributed by atoms with Gasteiger partial charge in [0.05, 0.1) is 0 Å². The summed E-state index contributed by atoms with van der Waals surface area (Å²) in [5.74, 6) is 0.769. The summed E-state index contributed by atoms with van der Waals surface area (Å²) in [4.78, 5) is 16.2. The van der Waals surface area contributed by atoms with Crippen molar-refractivity contribution in [3.05, 3.63) is 69.6 Å². The monoisotopic (exact) mass is 362 g/mol. The highest BCUT2D eigenvalue weighted by Crippen LogP contribution is 2.38. The number of benzene rings is 1. The van der Waals surface area contributed by atoms with Gasteiger partial charge in [-0.05, 0) is 41.8 Å². The molecule has 0 spiro atoms. The minimum absolute atomic E-state index is 0.0166. The van der Waals surface area contributed by atoms with Crippen LogP contribution in [0, 0.1) is 0 Å².